The highest BCUT2D eigenvalue weighted by atomic mass is 32.1. The van der Waals surface area contributed by atoms with Crippen LogP contribution < -0.4 is 25.9 Å². The zero-order valence-electron chi connectivity index (χ0n) is 19.4. The van der Waals surface area contributed by atoms with Gasteiger partial charge in [0, 0.05) is 16.8 Å². The molecule has 1 N–H and O–H groups in total. The van der Waals surface area contributed by atoms with Crippen LogP contribution in [0.15, 0.2) is 88.5 Å². The largest absolute Gasteiger partial charge is 0.325 e. The third-order valence-electron chi connectivity index (χ3n) is 5.99. The maximum atomic E-state index is 13.6. The highest BCUT2D eigenvalue weighted by molar-refractivity contribution is 7.15. The van der Waals surface area contributed by atoms with Crippen LogP contribution in [0.2, 0.25) is 0 Å². The molecule has 0 radical (unpaired) electrons. The Morgan fingerprint density at radius 1 is 0.921 bits per heavy atom. The van der Waals surface area contributed by atoms with Crippen LogP contribution in [0.3, 0.4) is 0 Å². The summed E-state index contributed by atoms with van der Waals surface area (Å²) in [6, 6.07) is 20.7. The second-order valence-corrected chi connectivity index (χ2v) is 9.38. The van der Waals surface area contributed by atoms with E-state index in [0.717, 1.165) is 15.9 Å². The topological polar surface area (TPSA) is 114 Å². The van der Waals surface area contributed by atoms with Gasteiger partial charge in [0.15, 0.2) is 5.69 Å². The minimum atomic E-state index is -0.592. The molecule has 5 aromatic rings. The number of fused-ring (bicyclic) bond motifs is 2. The molecule has 9 nitrogen and oxygen atoms in total. The summed E-state index contributed by atoms with van der Waals surface area (Å²) >= 11 is 0.888. The summed E-state index contributed by atoms with van der Waals surface area (Å²) in [6.07, 6.45) is 0. The van der Waals surface area contributed by atoms with E-state index in [1.54, 1.807) is 54.6 Å². The van der Waals surface area contributed by atoms with Gasteiger partial charge in [-0.25, -0.2) is 4.39 Å². The average molecular weight is 526 g/mol. The summed E-state index contributed by atoms with van der Waals surface area (Å²) in [4.78, 5) is 57.8. The van der Waals surface area contributed by atoms with Crippen molar-refractivity contribution in [2.24, 2.45) is 0 Å². The molecule has 3 aromatic carbocycles. The van der Waals surface area contributed by atoms with Crippen LogP contribution in [-0.2, 0) is 9.59 Å². The fourth-order valence-electron chi connectivity index (χ4n) is 4.27. The molecular formula is C27H16FN5O4S. The number of amides is 2. The van der Waals surface area contributed by atoms with E-state index in [1.165, 1.54) is 29.2 Å². The highest BCUT2D eigenvalue weighted by Crippen LogP contribution is 2.35. The lowest BCUT2D eigenvalue weighted by Gasteiger charge is -2.16. The molecule has 2 amide bonds. The van der Waals surface area contributed by atoms with E-state index in [4.69, 9.17) is 0 Å². The van der Waals surface area contributed by atoms with Crippen molar-refractivity contribution < 1.29 is 14.0 Å². The first kappa shape index (κ1) is 23.4. The molecule has 0 unspecified atom stereocenters. The van der Waals surface area contributed by atoms with Gasteiger partial charge in [0.05, 0.1) is 11.3 Å². The van der Waals surface area contributed by atoms with Crippen molar-refractivity contribution >= 4 is 45.1 Å². The first-order valence-electron chi connectivity index (χ1n) is 11.4. The molecule has 0 atom stereocenters. The summed E-state index contributed by atoms with van der Waals surface area (Å²) in [5.74, 6) is -1.49. The zero-order valence-corrected chi connectivity index (χ0v) is 20.2. The predicted octanol–water partition coefficient (Wildman–Crippen LogP) is 2.22. The number of nitrogens with one attached hydrogen (secondary N) is 1. The number of carbonyl (C=O) groups is 2. The Hall–Kier alpha value is -5.03. The fourth-order valence-corrected chi connectivity index (χ4v) is 5.27. The number of carbonyl (C=O) groups excluding carboxylic acids is 2. The molecule has 0 saturated heterocycles. The summed E-state index contributed by atoms with van der Waals surface area (Å²) in [5, 5.41) is 6.88. The van der Waals surface area contributed by atoms with Crippen LogP contribution in [0.25, 0.3) is 21.8 Å². The van der Waals surface area contributed by atoms with E-state index in [0.29, 0.717) is 22.5 Å². The third-order valence-corrected chi connectivity index (χ3v) is 7.02. The lowest BCUT2D eigenvalue weighted by Crippen LogP contribution is -2.37. The normalized spacial score (nSPS) is 14.1. The number of para-hydroxylation sites is 1. The van der Waals surface area contributed by atoms with Gasteiger partial charge in [-0.1, -0.05) is 59.9 Å². The van der Waals surface area contributed by atoms with Gasteiger partial charge in [0.25, 0.3) is 11.5 Å². The van der Waals surface area contributed by atoms with Gasteiger partial charge < -0.3 is 5.32 Å². The Morgan fingerprint density at radius 3 is 2.39 bits per heavy atom. The Labute approximate surface area is 217 Å². The fraction of sp³-hybridized carbons (Fsp3) is 0.0370. The first-order chi connectivity index (χ1) is 18.4. The van der Waals surface area contributed by atoms with Gasteiger partial charge in [-0.3, -0.25) is 24.1 Å². The second kappa shape index (κ2) is 9.12. The molecule has 38 heavy (non-hydrogen) atoms. The van der Waals surface area contributed by atoms with Gasteiger partial charge in [-0.2, -0.15) is 14.6 Å². The quantitative estimate of drug-likeness (QED) is 0.385. The van der Waals surface area contributed by atoms with Crippen molar-refractivity contribution in [1.29, 1.82) is 0 Å². The Balaban J connectivity index is 1.44. The van der Waals surface area contributed by atoms with Crippen molar-refractivity contribution in [1.82, 2.24) is 14.6 Å². The Kier molecular flexibility index (Phi) is 5.61. The standard InChI is InChI=1S/C27H16FN5O4S/c28-16-10-12-17(13-11-16)29-20(34)14-32-19-9-5-4-8-18(19)21(25(32)36)23-26(37)33-27(38-23)30-24(35)22(31-33)15-6-2-1-3-7-15/h1-13H,14H2,(H,29,34)/b23-21-. The summed E-state index contributed by atoms with van der Waals surface area (Å²) in [5.41, 5.74) is 0.763. The van der Waals surface area contributed by atoms with Gasteiger partial charge in [-0.15, -0.1) is 0 Å². The van der Waals surface area contributed by atoms with Crippen LogP contribution in [0, 0.1) is 5.82 Å². The maximum absolute atomic E-state index is 13.6. The molecule has 11 heteroatoms. The lowest BCUT2D eigenvalue weighted by molar-refractivity contribution is -0.118. The number of thiazole rings is 1. The Bertz CT molecular complexity index is 1920. The molecule has 6 rings (SSSR count). The van der Waals surface area contributed by atoms with Gasteiger partial charge in [0.2, 0.25) is 10.9 Å². The lowest BCUT2D eigenvalue weighted by atomic mass is 10.1. The van der Waals surface area contributed by atoms with Crippen molar-refractivity contribution in [2.75, 3.05) is 16.8 Å². The minimum Gasteiger partial charge on any atom is -0.325 e. The summed E-state index contributed by atoms with van der Waals surface area (Å²) in [6.45, 7) is -0.331. The van der Waals surface area contributed by atoms with Gasteiger partial charge >= 0.3 is 5.56 Å². The number of hydrogen-bond acceptors (Lipinski definition) is 7. The van der Waals surface area contributed by atoms with Crippen molar-refractivity contribution in [2.45, 2.75) is 0 Å². The van der Waals surface area contributed by atoms with Crippen LogP contribution in [0.1, 0.15) is 5.56 Å². The molecule has 0 saturated carbocycles. The predicted molar refractivity (Wildman–Crippen MR) is 140 cm³/mol. The molecule has 0 spiro atoms. The monoisotopic (exact) mass is 525 g/mol. The average Bonchev–Trinajstić information content (AvgIpc) is 3.37. The molecule has 0 fully saturated rings. The summed E-state index contributed by atoms with van der Waals surface area (Å²) < 4.78 is 14.3. The van der Waals surface area contributed by atoms with Crippen molar-refractivity contribution in [3.05, 3.63) is 115 Å². The number of aromatic nitrogens is 3. The molecule has 1 aliphatic heterocycles. The summed E-state index contributed by atoms with van der Waals surface area (Å²) in [7, 11) is 0. The molecule has 3 heterocycles. The second-order valence-electron chi connectivity index (χ2n) is 8.40. The van der Waals surface area contributed by atoms with E-state index in [1.807, 2.05) is 0 Å². The third kappa shape index (κ3) is 3.95. The van der Waals surface area contributed by atoms with E-state index in [2.05, 4.69) is 15.4 Å². The van der Waals surface area contributed by atoms with E-state index < -0.39 is 28.8 Å². The van der Waals surface area contributed by atoms with Gasteiger partial charge in [-0.05, 0) is 30.3 Å². The number of benzene rings is 3. The highest BCUT2D eigenvalue weighted by Gasteiger charge is 2.35. The number of hydrogen-bond donors (Lipinski definition) is 1. The number of halogens is 1. The Morgan fingerprint density at radius 2 is 1.63 bits per heavy atom. The smallest absolute Gasteiger partial charge is 0.300 e. The number of nitrogens with zero attached hydrogens (tertiary/aromatic N) is 4. The van der Waals surface area contributed by atoms with Gasteiger partial charge in [0.1, 0.15) is 16.9 Å². The first-order valence-corrected chi connectivity index (χ1v) is 12.2. The van der Waals surface area contributed by atoms with Crippen LogP contribution in [0.5, 0.6) is 0 Å². The number of rotatable bonds is 4. The van der Waals surface area contributed by atoms with E-state index in [-0.39, 0.29) is 27.3 Å². The molecule has 0 bridgehead atoms. The SMILES string of the molecule is O=C(CN1C(=O)/C(=c2\sc3nc(=O)c(-c4ccccc4)nn3c2=O)c2ccccc21)Nc1ccc(F)cc1. The molecule has 0 aliphatic carbocycles. The van der Waals surface area contributed by atoms with E-state index in [9.17, 15) is 23.6 Å². The van der Waals surface area contributed by atoms with E-state index >= 15 is 0 Å². The van der Waals surface area contributed by atoms with Crippen molar-refractivity contribution in [3.63, 3.8) is 0 Å². The molecule has 1 aliphatic rings. The maximum Gasteiger partial charge on any atom is 0.300 e. The van der Waals surface area contributed by atoms with Crippen LogP contribution in [-0.4, -0.2) is 33.0 Å². The van der Waals surface area contributed by atoms with Crippen molar-refractivity contribution in [3.8, 4) is 11.3 Å². The van der Waals surface area contributed by atoms with Crippen LogP contribution in [0.4, 0.5) is 15.8 Å². The molecule has 186 valence electrons. The molecular weight excluding hydrogens is 509 g/mol. The number of anilines is 2. The minimum absolute atomic E-state index is 0.0202. The molecule has 2 aromatic heterocycles. The van der Waals surface area contributed by atoms with Crippen LogP contribution >= 0.6 is 11.3 Å². The zero-order chi connectivity index (χ0) is 26.4.